The third-order valence-electron chi connectivity index (χ3n) is 8.49. The molecule has 1 aliphatic heterocycles. The van der Waals surface area contributed by atoms with Crippen LogP contribution in [0.2, 0.25) is 0 Å². The maximum absolute atomic E-state index is 13.8. The van der Waals surface area contributed by atoms with Crippen LogP contribution >= 0.6 is 0 Å². The van der Waals surface area contributed by atoms with Crippen LogP contribution in [0.1, 0.15) is 81.4 Å². The molecule has 2 atom stereocenters. The molecule has 0 unspecified atom stereocenters. The van der Waals surface area contributed by atoms with E-state index in [1.807, 2.05) is 30.3 Å². The third-order valence-corrected chi connectivity index (χ3v) is 8.49. The second-order valence-electron chi connectivity index (χ2n) is 13.4. The fourth-order valence-corrected chi connectivity index (χ4v) is 5.78. The van der Waals surface area contributed by atoms with Crippen LogP contribution < -0.4 is 15.8 Å². The molecule has 4 N–H and O–H groups in total. The molecule has 51 heavy (non-hydrogen) atoms. The molecule has 0 saturated carbocycles. The van der Waals surface area contributed by atoms with E-state index in [0.717, 1.165) is 5.56 Å². The van der Waals surface area contributed by atoms with Gasteiger partial charge in [0.2, 0.25) is 0 Å². The average molecular weight is 694 g/mol. The summed E-state index contributed by atoms with van der Waals surface area (Å²) in [7, 11) is 0. The van der Waals surface area contributed by atoms with Gasteiger partial charge in [0.15, 0.2) is 5.78 Å². The van der Waals surface area contributed by atoms with Gasteiger partial charge in [-0.15, -0.1) is 0 Å². The van der Waals surface area contributed by atoms with E-state index in [1.54, 1.807) is 58.0 Å². The first-order valence-electron chi connectivity index (χ1n) is 16.8. The average Bonchev–Trinajstić information content (AvgIpc) is 3.30. The number of nitrogens with zero attached hydrogens (tertiary/aromatic N) is 1. The molecule has 11 heteroatoms. The number of nitrogens with two attached hydrogens (primary N) is 1. The molecule has 4 aromatic rings. The number of nitrogen functional groups attached to an aromatic ring is 1. The Labute approximate surface area is 297 Å². The molecule has 1 heterocycles. The topological polar surface area (TPSA) is 157 Å². The number of nitrogens with one attached hydrogen (secondary N) is 1. The van der Waals surface area contributed by atoms with Gasteiger partial charge in [0.05, 0.1) is 17.2 Å². The lowest BCUT2D eigenvalue weighted by molar-refractivity contribution is 0.0128. The number of amides is 2. The van der Waals surface area contributed by atoms with Crippen molar-refractivity contribution in [1.29, 1.82) is 0 Å². The third kappa shape index (κ3) is 9.24. The number of aromatic hydroxyl groups is 1. The predicted molar refractivity (Wildman–Crippen MR) is 192 cm³/mol. The van der Waals surface area contributed by atoms with E-state index in [1.165, 1.54) is 35.2 Å². The van der Waals surface area contributed by atoms with Gasteiger partial charge in [0.25, 0.3) is 5.91 Å². The maximum Gasteiger partial charge on any atom is 0.410 e. The van der Waals surface area contributed by atoms with E-state index in [0.29, 0.717) is 41.8 Å². The molecule has 2 amide bonds. The van der Waals surface area contributed by atoms with Crippen molar-refractivity contribution in [3.8, 4) is 11.5 Å². The standard InChI is InChI=1S/C40H43N3O8/c1-25-29(36(45)30-13-8-9-14-33(30)49-24-26-11-6-5-7-12-26)20-21-31(35(25)41)38(47)50-34-15-10-22-43(39(48)51-40(2,3)4)23-32(34)42-37(46)27-16-18-28(44)19-17-27/h5-9,11-14,16-21,32,34,44H,10,15,22-24,41H2,1-4H3,(H,42,46)/t32-,34-/m1/s1. The predicted octanol–water partition coefficient (Wildman–Crippen LogP) is 6.45. The summed E-state index contributed by atoms with van der Waals surface area (Å²) in [5, 5.41) is 12.6. The second-order valence-corrected chi connectivity index (χ2v) is 13.4. The van der Waals surface area contributed by atoms with Crippen molar-refractivity contribution in [3.63, 3.8) is 0 Å². The number of ketones is 1. The fourth-order valence-electron chi connectivity index (χ4n) is 5.78. The van der Waals surface area contributed by atoms with E-state index in [-0.39, 0.29) is 41.5 Å². The Bertz CT molecular complexity index is 1890. The lowest BCUT2D eigenvalue weighted by Gasteiger charge is -2.30. The van der Waals surface area contributed by atoms with Crippen LogP contribution in [0.25, 0.3) is 0 Å². The van der Waals surface area contributed by atoms with Crippen molar-refractivity contribution in [3.05, 3.63) is 124 Å². The first-order valence-corrected chi connectivity index (χ1v) is 16.8. The summed E-state index contributed by atoms with van der Waals surface area (Å²) < 4.78 is 17.6. The second kappa shape index (κ2) is 15.8. The van der Waals surface area contributed by atoms with Crippen LogP contribution in [-0.4, -0.2) is 64.6 Å². The van der Waals surface area contributed by atoms with Crippen molar-refractivity contribution in [2.75, 3.05) is 18.8 Å². The van der Waals surface area contributed by atoms with Gasteiger partial charge in [-0.05, 0) is 100 Å². The van der Waals surface area contributed by atoms with E-state index in [4.69, 9.17) is 19.9 Å². The molecule has 1 saturated heterocycles. The van der Waals surface area contributed by atoms with Gasteiger partial charge in [-0.2, -0.15) is 0 Å². The summed E-state index contributed by atoms with van der Waals surface area (Å²) in [6.45, 7) is 7.58. The van der Waals surface area contributed by atoms with Crippen molar-refractivity contribution in [2.45, 2.75) is 64.9 Å². The lowest BCUT2D eigenvalue weighted by Crippen LogP contribution is -2.51. The fraction of sp³-hybridized carbons (Fsp3) is 0.300. The minimum absolute atomic E-state index is 0.00475. The van der Waals surface area contributed by atoms with Gasteiger partial charge < -0.3 is 35.3 Å². The Kier molecular flexibility index (Phi) is 11.3. The van der Waals surface area contributed by atoms with E-state index in [2.05, 4.69) is 5.32 Å². The Morgan fingerprint density at radius 3 is 2.25 bits per heavy atom. The number of carbonyl (C=O) groups is 4. The van der Waals surface area contributed by atoms with Crippen molar-refractivity contribution < 1.29 is 38.5 Å². The molecule has 1 fully saturated rings. The van der Waals surface area contributed by atoms with Crippen molar-refractivity contribution in [2.24, 2.45) is 0 Å². The first kappa shape index (κ1) is 36.4. The molecule has 0 aliphatic carbocycles. The van der Waals surface area contributed by atoms with Crippen LogP contribution in [0.5, 0.6) is 11.5 Å². The Hall–Kier alpha value is -5.84. The Morgan fingerprint density at radius 2 is 1.55 bits per heavy atom. The van der Waals surface area contributed by atoms with Gasteiger partial charge in [-0.3, -0.25) is 9.59 Å². The number of ether oxygens (including phenoxy) is 3. The van der Waals surface area contributed by atoms with E-state index in [9.17, 15) is 24.3 Å². The Morgan fingerprint density at radius 1 is 0.882 bits per heavy atom. The molecule has 4 aromatic carbocycles. The summed E-state index contributed by atoms with van der Waals surface area (Å²) in [6, 6.07) is 24.5. The zero-order valence-corrected chi connectivity index (χ0v) is 29.2. The summed E-state index contributed by atoms with van der Waals surface area (Å²) in [5.41, 5.74) is 8.20. The van der Waals surface area contributed by atoms with Crippen molar-refractivity contribution >= 4 is 29.4 Å². The quantitative estimate of drug-likeness (QED) is 0.102. The largest absolute Gasteiger partial charge is 0.508 e. The van der Waals surface area contributed by atoms with Crippen LogP contribution in [0.3, 0.4) is 0 Å². The summed E-state index contributed by atoms with van der Waals surface area (Å²) in [5.74, 6) is -1.10. The number of phenols is 1. The van der Waals surface area contributed by atoms with Gasteiger partial charge in [0, 0.05) is 29.9 Å². The SMILES string of the molecule is Cc1c(C(=O)c2ccccc2OCc2ccccc2)ccc(C(=O)O[C@@H]2CCCN(C(=O)OC(C)(C)C)C[C@H]2NC(=O)c2ccc(O)cc2)c1N. The monoisotopic (exact) mass is 693 g/mol. The normalized spacial score (nSPS) is 16.0. The highest BCUT2D eigenvalue weighted by atomic mass is 16.6. The number of phenolic OH excluding ortho intramolecular Hbond substituents is 1. The Balaban J connectivity index is 1.36. The minimum atomic E-state index is -0.833. The molecule has 266 valence electrons. The number of hydrogen-bond acceptors (Lipinski definition) is 9. The number of likely N-dealkylation sites (tertiary alicyclic amines) is 1. The molecule has 0 aromatic heterocycles. The molecule has 5 rings (SSSR count). The van der Waals surface area contributed by atoms with Gasteiger partial charge in [-0.25, -0.2) is 9.59 Å². The number of hydrogen-bond donors (Lipinski definition) is 3. The van der Waals surface area contributed by atoms with Crippen LogP contribution in [-0.2, 0) is 16.1 Å². The molecule has 0 spiro atoms. The maximum atomic E-state index is 13.8. The highest BCUT2D eigenvalue weighted by Gasteiger charge is 2.35. The van der Waals surface area contributed by atoms with Crippen LogP contribution in [0, 0.1) is 6.92 Å². The molecular weight excluding hydrogens is 650 g/mol. The van der Waals surface area contributed by atoms with E-state index < -0.39 is 35.7 Å². The van der Waals surface area contributed by atoms with Crippen molar-refractivity contribution in [1.82, 2.24) is 10.2 Å². The lowest BCUT2D eigenvalue weighted by atomic mass is 9.95. The zero-order valence-electron chi connectivity index (χ0n) is 29.2. The number of benzene rings is 4. The van der Waals surface area contributed by atoms with Crippen LogP contribution in [0.4, 0.5) is 10.5 Å². The highest BCUT2D eigenvalue weighted by Crippen LogP contribution is 2.29. The first-order chi connectivity index (χ1) is 24.3. The number of carbonyl (C=O) groups excluding carboxylic acids is 4. The number of esters is 1. The number of rotatable bonds is 9. The molecule has 11 nitrogen and oxygen atoms in total. The molecule has 1 aliphatic rings. The highest BCUT2D eigenvalue weighted by molar-refractivity contribution is 6.13. The minimum Gasteiger partial charge on any atom is -0.508 e. The zero-order chi connectivity index (χ0) is 36.7. The molecular formula is C40H43N3O8. The molecule has 0 radical (unpaired) electrons. The van der Waals surface area contributed by atoms with Gasteiger partial charge in [0.1, 0.15) is 29.8 Å². The van der Waals surface area contributed by atoms with Gasteiger partial charge >= 0.3 is 12.1 Å². The summed E-state index contributed by atoms with van der Waals surface area (Å²) in [6.07, 6.45) is -0.580. The smallest absolute Gasteiger partial charge is 0.410 e. The van der Waals surface area contributed by atoms with E-state index >= 15 is 0 Å². The van der Waals surface area contributed by atoms with Gasteiger partial charge in [-0.1, -0.05) is 42.5 Å². The summed E-state index contributed by atoms with van der Waals surface area (Å²) in [4.78, 5) is 55.3. The number of para-hydroxylation sites is 1. The molecule has 0 bridgehead atoms. The number of anilines is 1. The van der Waals surface area contributed by atoms with Crippen LogP contribution in [0.15, 0.2) is 91.0 Å². The summed E-state index contributed by atoms with van der Waals surface area (Å²) >= 11 is 0.